The first-order valence-corrected chi connectivity index (χ1v) is 7.54. The van der Waals surface area contributed by atoms with Crippen LogP contribution >= 0.6 is 11.6 Å². The maximum Gasteiger partial charge on any atom is 0.276 e. The summed E-state index contributed by atoms with van der Waals surface area (Å²) >= 11 is 5.91. The summed E-state index contributed by atoms with van der Waals surface area (Å²) in [7, 11) is 0. The Morgan fingerprint density at radius 3 is 2.48 bits per heavy atom. The first-order chi connectivity index (χ1) is 11.1. The number of halogens is 1. The lowest BCUT2D eigenvalue weighted by atomic mass is 10.1. The van der Waals surface area contributed by atoms with Crippen LogP contribution in [0.5, 0.6) is 5.75 Å². The van der Waals surface area contributed by atoms with E-state index in [0.717, 1.165) is 12.0 Å². The van der Waals surface area contributed by atoms with Crippen molar-refractivity contribution in [3.8, 4) is 5.75 Å². The van der Waals surface area contributed by atoms with Gasteiger partial charge in [-0.05, 0) is 30.2 Å². The Balaban J connectivity index is 1.84. The van der Waals surface area contributed by atoms with E-state index in [1.807, 2.05) is 25.1 Å². The number of benzene rings is 2. The lowest BCUT2D eigenvalue weighted by Crippen LogP contribution is -2.43. The quantitative estimate of drug-likeness (QED) is 0.827. The summed E-state index contributed by atoms with van der Waals surface area (Å²) in [5.74, 6) is -0.295. The summed E-state index contributed by atoms with van der Waals surface area (Å²) in [4.78, 5) is 23.6. The molecule has 0 bridgehead atoms. The van der Waals surface area contributed by atoms with E-state index in [1.54, 1.807) is 30.3 Å². The van der Waals surface area contributed by atoms with Crippen molar-refractivity contribution in [3.05, 3.63) is 64.7 Å². The smallest absolute Gasteiger partial charge is 0.276 e. The zero-order chi connectivity index (χ0) is 16.7. The van der Waals surface area contributed by atoms with E-state index in [1.165, 1.54) is 0 Å². The lowest BCUT2D eigenvalue weighted by Gasteiger charge is -2.11. The van der Waals surface area contributed by atoms with Crippen LogP contribution in [0.25, 0.3) is 0 Å². The van der Waals surface area contributed by atoms with Crippen LogP contribution < -0.4 is 15.6 Å². The molecule has 0 spiro atoms. The van der Waals surface area contributed by atoms with Gasteiger partial charge >= 0.3 is 0 Å². The van der Waals surface area contributed by atoms with Crippen LogP contribution in [0, 0.1) is 0 Å². The minimum atomic E-state index is -0.488. The highest BCUT2D eigenvalue weighted by Gasteiger charge is 2.11. The molecule has 2 amide bonds. The summed E-state index contributed by atoms with van der Waals surface area (Å²) in [5, 5.41) is 0.312. The molecule has 0 saturated heterocycles. The monoisotopic (exact) mass is 332 g/mol. The normalized spacial score (nSPS) is 10.0. The number of hydrogen-bond donors (Lipinski definition) is 2. The predicted molar refractivity (Wildman–Crippen MR) is 88.4 cm³/mol. The summed E-state index contributed by atoms with van der Waals surface area (Å²) in [6, 6.07) is 14.1. The van der Waals surface area contributed by atoms with Gasteiger partial charge in [0.25, 0.3) is 11.8 Å². The molecule has 2 rings (SSSR count). The van der Waals surface area contributed by atoms with Crippen molar-refractivity contribution >= 4 is 23.4 Å². The van der Waals surface area contributed by atoms with Gasteiger partial charge in [-0.15, -0.1) is 0 Å². The van der Waals surface area contributed by atoms with Gasteiger partial charge in [0, 0.05) is 0 Å². The number of rotatable bonds is 5. The number of aryl methyl sites for hydroxylation is 1. The second-order valence-corrected chi connectivity index (χ2v) is 5.14. The maximum atomic E-state index is 11.9. The molecule has 0 aromatic heterocycles. The van der Waals surface area contributed by atoms with Gasteiger partial charge in [0.2, 0.25) is 0 Å². The van der Waals surface area contributed by atoms with Crippen LogP contribution in [0.4, 0.5) is 0 Å². The number of para-hydroxylation sites is 1. The van der Waals surface area contributed by atoms with E-state index >= 15 is 0 Å². The van der Waals surface area contributed by atoms with Gasteiger partial charge in [-0.25, -0.2) is 0 Å². The van der Waals surface area contributed by atoms with Crippen molar-refractivity contribution in [2.24, 2.45) is 0 Å². The number of nitrogens with one attached hydrogen (secondary N) is 2. The Morgan fingerprint density at radius 2 is 1.74 bits per heavy atom. The van der Waals surface area contributed by atoms with Gasteiger partial charge < -0.3 is 4.74 Å². The van der Waals surface area contributed by atoms with Crippen LogP contribution in [-0.4, -0.2) is 18.4 Å². The molecule has 2 aromatic carbocycles. The highest BCUT2D eigenvalue weighted by atomic mass is 35.5. The van der Waals surface area contributed by atoms with Crippen molar-refractivity contribution in [1.82, 2.24) is 10.9 Å². The Labute approximate surface area is 139 Å². The number of hydrogen-bond acceptors (Lipinski definition) is 3. The molecule has 2 N–H and O–H groups in total. The lowest BCUT2D eigenvalue weighted by molar-refractivity contribution is -0.123. The molecule has 0 fully saturated rings. The van der Waals surface area contributed by atoms with Gasteiger partial charge in [0.05, 0.1) is 10.6 Å². The third-order valence-electron chi connectivity index (χ3n) is 3.15. The topological polar surface area (TPSA) is 67.4 Å². The third kappa shape index (κ3) is 4.72. The second kappa shape index (κ2) is 8.19. The number of ether oxygens (including phenoxy) is 1. The average molecular weight is 333 g/mol. The largest absolute Gasteiger partial charge is 0.483 e. The molecule has 0 atom stereocenters. The number of hydrazine groups is 1. The SMILES string of the molecule is CCc1ccccc1OCC(=O)NNC(=O)c1ccccc1Cl. The molecule has 5 nitrogen and oxygen atoms in total. The molecular weight excluding hydrogens is 316 g/mol. The molecule has 120 valence electrons. The van der Waals surface area contributed by atoms with Crippen molar-refractivity contribution in [3.63, 3.8) is 0 Å². The molecule has 0 saturated carbocycles. The summed E-state index contributed by atoms with van der Waals surface area (Å²) in [6.07, 6.45) is 0.807. The van der Waals surface area contributed by atoms with Crippen molar-refractivity contribution in [1.29, 1.82) is 0 Å². The molecule has 0 aliphatic rings. The van der Waals surface area contributed by atoms with E-state index in [9.17, 15) is 9.59 Å². The highest BCUT2D eigenvalue weighted by molar-refractivity contribution is 6.33. The molecule has 0 unspecified atom stereocenters. The standard InChI is InChI=1S/C17H17ClN2O3/c1-2-12-7-3-6-10-15(12)23-11-16(21)19-20-17(22)13-8-4-5-9-14(13)18/h3-10H,2,11H2,1H3,(H,19,21)(H,20,22). The fourth-order valence-electron chi connectivity index (χ4n) is 1.96. The Bertz CT molecular complexity index is 704. The minimum Gasteiger partial charge on any atom is -0.483 e. The first kappa shape index (κ1) is 16.8. The molecule has 6 heteroatoms. The van der Waals surface area contributed by atoms with E-state index in [-0.39, 0.29) is 12.2 Å². The Morgan fingerprint density at radius 1 is 1.04 bits per heavy atom. The van der Waals surface area contributed by atoms with Crippen molar-refractivity contribution in [2.75, 3.05) is 6.61 Å². The molecule has 0 aliphatic heterocycles. The molecular formula is C17H17ClN2O3. The van der Waals surface area contributed by atoms with E-state index in [0.29, 0.717) is 10.8 Å². The maximum absolute atomic E-state index is 11.9. The summed E-state index contributed by atoms with van der Waals surface area (Å²) in [6.45, 7) is 1.81. The van der Waals surface area contributed by atoms with Gasteiger partial charge in [0.1, 0.15) is 5.75 Å². The van der Waals surface area contributed by atoms with Crippen LogP contribution in [0.1, 0.15) is 22.8 Å². The number of amides is 2. The number of carbonyl (C=O) groups excluding carboxylic acids is 2. The van der Waals surface area contributed by atoms with Gasteiger partial charge in [-0.3, -0.25) is 20.4 Å². The van der Waals surface area contributed by atoms with Crippen LogP contribution in [0.2, 0.25) is 5.02 Å². The molecule has 0 radical (unpaired) electrons. The van der Waals surface area contributed by atoms with E-state index in [2.05, 4.69) is 10.9 Å². The average Bonchev–Trinajstić information content (AvgIpc) is 2.58. The van der Waals surface area contributed by atoms with E-state index in [4.69, 9.17) is 16.3 Å². The Kier molecular flexibility index (Phi) is 6.00. The minimum absolute atomic E-state index is 0.195. The molecule has 0 aliphatic carbocycles. The zero-order valence-electron chi connectivity index (χ0n) is 12.6. The van der Waals surface area contributed by atoms with Crippen LogP contribution in [0.3, 0.4) is 0 Å². The third-order valence-corrected chi connectivity index (χ3v) is 3.48. The zero-order valence-corrected chi connectivity index (χ0v) is 13.4. The van der Waals surface area contributed by atoms with Gasteiger partial charge in [-0.1, -0.05) is 48.9 Å². The van der Waals surface area contributed by atoms with Gasteiger partial charge in [0.15, 0.2) is 6.61 Å². The fourth-order valence-corrected chi connectivity index (χ4v) is 2.18. The van der Waals surface area contributed by atoms with Crippen molar-refractivity contribution in [2.45, 2.75) is 13.3 Å². The second-order valence-electron chi connectivity index (χ2n) is 4.73. The van der Waals surface area contributed by atoms with Gasteiger partial charge in [-0.2, -0.15) is 0 Å². The van der Waals surface area contributed by atoms with Crippen LogP contribution in [0.15, 0.2) is 48.5 Å². The van der Waals surface area contributed by atoms with E-state index < -0.39 is 11.8 Å². The molecule has 2 aromatic rings. The van der Waals surface area contributed by atoms with Crippen LogP contribution in [-0.2, 0) is 11.2 Å². The summed E-state index contributed by atoms with van der Waals surface area (Å²) < 4.78 is 5.46. The Hall–Kier alpha value is -2.53. The predicted octanol–water partition coefficient (Wildman–Crippen LogP) is 2.74. The first-order valence-electron chi connectivity index (χ1n) is 7.16. The fraction of sp³-hybridized carbons (Fsp3) is 0.176. The number of carbonyl (C=O) groups is 2. The van der Waals surface area contributed by atoms with Crippen molar-refractivity contribution < 1.29 is 14.3 Å². The highest BCUT2D eigenvalue weighted by Crippen LogP contribution is 2.18. The molecule has 0 heterocycles. The molecule has 23 heavy (non-hydrogen) atoms. The summed E-state index contributed by atoms with van der Waals surface area (Å²) in [5.41, 5.74) is 5.89.